The molecule has 2 aromatic rings. The number of halogens is 4. The van der Waals surface area contributed by atoms with Crippen LogP contribution in [0.1, 0.15) is 54.6 Å². The van der Waals surface area contributed by atoms with Crippen LogP contribution in [0.2, 0.25) is 0 Å². The summed E-state index contributed by atoms with van der Waals surface area (Å²) in [5, 5.41) is 11.0. The van der Waals surface area contributed by atoms with Crippen molar-refractivity contribution in [1.82, 2.24) is 14.8 Å². The topological polar surface area (TPSA) is 115 Å². The van der Waals surface area contributed by atoms with E-state index in [0.717, 1.165) is 10.9 Å². The summed E-state index contributed by atoms with van der Waals surface area (Å²) in [7, 11) is -4.05. The van der Waals surface area contributed by atoms with Crippen LogP contribution in [-0.4, -0.2) is 25.0 Å². The molecule has 2 aliphatic carbocycles. The Balaban J connectivity index is 1.76. The molecule has 2 aromatic heterocycles. The van der Waals surface area contributed by atoms with Crippen LogP contribution < -0.4 is 10.5 Å². The molecule has 8 nitrogen and oxygen atoms in total. The molecule has 1 fully saturated rings. The van der Waals surface area contributed by atoms with Gasteiger partial charge in [0.05, 0.1) is 11.9 Å². The largest absolute Gasteiger partial charge is 0.433 e. The van der Waals surface area contributed by atoms with Gasteiger partial charge in [0.25, 0.3) is 0 Å². The molecule has 0 bridgehead atoms. The van der Waals surface area contributed by atoms with Gasteiger partial charge < -0.3 is 5.32 Å². The molecule has 0 radical (unpaired) electrons. The number of fused-ring (bicyclic) bond motifs is 1. The van der Waals surface area contributed by atoms with Gasteiger partial charge in [0.15, 0.2) is 15.7 Å². The third-order valence-electron chi connectivity index (χ3n) is 5.25. The first-order valence-corrected chi connectivity index (χ1v) is 11.3. The normalized spacial score (nSPS) is 17.9. The summed E-state index contributed by atoms with van der Waals surface area (Å²) in [5.74, 6) is -1.38. The van der Waals surface area contributed by atoms with Crippen LogP contribution in [-0.2, 0) is 35.5 Å². The fourth-order valence-corrected chi connectivity index (χ4v) is 4.69. The zero-order chi connectivity index (χ0) is 22.6. The molecule has 1 atom stereocenters. The highest BCUT2D eigenvalue weighted by molar-refractivity contribution is 7.91. The van der Waals surface area contributed by atoms with Gasteiger partial charge in [-0.1, -0.05) is 0 Å². The van der Waals surface area contributed by atoms with Crippen LogP contribution in [0.5, 0.6) is 0 Å². The molecule has 0 saturated heterocycles. The molecule has 168 valence electrons. The number of anilines is 1. The summed E-state index contributed by atoms with van der Waals surface area (Å²) in [6.07, 6.45) is -1.25. The molecule has 0 aromatic carbocycles. The average molecular weight is 460 g/mol. The van der Waals surface area contributed by atoms with Crippen molar-refractivity contribution in [3.8, 4) is 0 Å². The van der Waals surface area contributed by atoms with E-state index in [4.69, 9.17) is 5.14 Å². The molecule has 0 unspecified atom stereocenters. The Labute approximate surface area is 175 Å². The summed E-state index contributed by atoms with van der Waals surface area (Å²) >= 11 is 0. The van der Waals surface area contributed by atoms with Crippen molar-refractivity contribution in [1.29, 1.82) is 0 Å². The highest BCUT2D eigenvalue weighted by Crippen LogP contribution is 2.50. The predicted molar refractivity (Wildman–Crippen MR) is 103 cm³/mol. The van der Waals surface area contributed by atoms with Gasteiger partial charge in [0, 0.05) is 17.8 Å². The highest BCUT2D eigenvalue weighted by Gasteiger charge is 2.43. The van der Waals surface area contributed by atoms with E-state index in [9.17, 15) is 26.6 Å². The van der Waals surface area contributed by atoms with E-state index < -0.39 is 38.7 Å². The standard InChI is InChI=1S/C18H20F4N6O2S/c1-2-28-8-11(19)16(26-28)31(23,30)27-17(29)25-14-10-4-3-5-12(10)24-15(18(20,21)22)13(14)9-6-7-9/h8-9H,2-7H2,1H3,(H3,23,24,25,27,29,30)/t31-/m1/s1. The number of nitrogens with one attached hydrogen (secondary N) is 1. The minimum atomic E-state index is -4.69. The van der Waals surface area contributed by atoms with Gasteiger partial charge in [0.1, 0.15) is 5.69 Å². The van der Waals surface area contributed by atoms with Crippen molar-refractivity contribution < 1.29 is 26.6 Å². The molecule has 2 aliphatic rings. The quantitative estimate of drug-likeness (QED) is 0.676. The van der Waals surface area contributed by atoms with Crippen LogP contribution in [0.4, 0.5) is 28.0 Å². The number of nitrogens with two attached hydrogens (primary N) is 1. The predicted octanol–water partition coefficient (Wildman–Crippen LogP) is 3.75. The van der Waals surface area contributed by atoms with E-state index in [-0.39, 0.29) is 29.4 Å². The Bertz CT molecular complexity index is 1180. The Morgan fingerprint density at radius 1 is 1.39 bits per heavy atom. The number of carbonyl (C=O) groups is 1. The summed E-state index contributed by atoms with van der Waals surface area (Å²) in [6, 6.07) is -1.23. The van der Waals surface area contributed by atoms with Crippen LogP contribution in [0.25, 0.3) is 0 Å². The van der Waals surface area contributed by atoms with Gasteiger partial charge in [-0.25, -0.2) is 23.5 Å². The van der Waals surface area contributed by atoms with Crippen molar-refractivity contribution in [2.45, 2.75) is 62.7 Å². The lowest BCUT2D eigenvalue weighted by Gasteiger charge is -2.19. The number of amides is 2. The number of aromatic nitrogens is 3. The molecular formula is C18H20F4N6O2S. The summed E-state index contributed by atoms with van der Waals surface area (Å²) in [5.41, 5.74) is -0.314. The van der Waals surface area contributed by atoms with Gasteiger partial charge in [-0.3, -0.25) is 4.68 Å². The Morgan fingerprint density at radius 2 is 2.10 bits per heavy atom. The molecular weight excluding hydrogens is 440 g/mol. The Kier molecular flexibility index (Phi) is 5.28. The molecule has 2 amide bonds. The van der Waals surface area contributed by atoms with Crippen LogP contribution >= 0.6 is 0 Å². The van der Waals surface area contributed by atoms with E-state index in [0.29, 0.717) is 37.7 Å². The number of alkyl halides is 3. The summed E-state index contributed by atoms with van der Waals surface area (Å²) in [4.78, 5) is 16.4. The first kappa shape index (κ1) is 21.7. The van der Waals surface area contributed by atoms with Crippen molar-refractivity contribution in [3.63, 3.8) is 0 Å². The number of hydrogen-bond acceptors (Lipinski definition) is 4. The van der Waals surface area contributed by atoms with Crippen molar-refractivity contribution in [3.05, 3.63) is 34.5 Å². The SMILES string of the molecule is CCn1cc(F)c([S@](N)(=O)=NC(=O)Nc2c3c(nc(C(F)(F)F)c2C2CC2)CCC3)n1. The molecule has 2 heterocycles. The second-order valence-corrected chi connectivity index (χ2v) is 9.23. The molecule has 0 spiro atoms. The van der Waals surface area contributed by atoms with Crippen molar-refractivity contribution in [2.24, 2.45) is 9.50 Å². The van der Waals surface area contributed by atoms with Crippen LogP contribution in [0.15, 0.2) is 15.6 Å². The van der Waals surface area contributed by atoms with Gasteiger partial charge in [-0.15, -0.1) is 4.36 Å². The monoisotopic (exact) mass is 460 g/mol. The van der Waals surface area contributed by atoms with Crippen molar-refractivity contribution >= 4 is 21.6 Å². The van der Waals surface area contributed by atoms with E-state index in [2.05, 4.69) is 19.8 Å². The van der Waals surface area contributed by atoms with Crippen LogP contribution in [0.3, 0.4) is 0 Å². The minimum absolute atomic E-state index is 0.000773. The number of rotatable bonds is 4. The van der Waals surface area contributed by atoms with E-state index in [1.54, 1.807) is 6.92 Å². The first-order chi connectivity index (χ1) is 14.5. The molecule has 13 heteroatoms. The number of carbonyl (C=O) groups excluding carboxylic acids is 1. The molecule has 4 rings (SSSR count). The second kappa shape index (κ2) is 7.55. The maximum absolute atomic E-state index is 14.0. The zero-order valence-electron chi connectivity index (χ0n) is 16.5. The van der Waals surface area contributed by atoms with E-state index in [1.165, 1.54) is 0 Å². The fourth-order valence-electron chi connectivity index (χ4n) is 3.76. The third-order valence-corrected chi connectivity index (χ3v) is 6.52. The zero-order valence-corrected chi connectivity index (χ0v) is 17.3. The lowest BCUT2D eigenvalue weighted by molar-refractivity contribution is -0.141. The lowest BCUT2D eigenvalue weighted by Crippen LogP contribution is -2.22. The van der Waals surface area contributed by atoms with Crippen molar-refractivity contribution in [2.75, 3.05) is 5.32 Å². The molecule has 0 aliphatic heterocycles. The highest BCUT2D eigenvalue weighted by atomic mass is 32.2. The van der Waals surface area contributed by atoms with Gasteiger partial charge >= 0.3 is 12.2 Å². The molecule has 1 saturated carbocycles. The maximum Gasteiger partial charge on any atom is 0.433 e. The average Bonchev–Trinajstić information content (AvgIpc) is 3.24. The number of pyridine rings is 1. The number of nitrogens with zero attached hydrogens (tertiary/aromatic N) is 4. The number of hydrogen-bond donors (Lipinski definition) is 2. The fraction of sp³-hybridized carbons (Fsp3) is 0.500. The smallest absolute Gasteiger partial charge is 0.305 e. The van der Waals surface area contributed by atoms with Crippen LogP contribution in [0, 0.1) is 5.82 Å². The number of urea groups is 1. The summed E-state index contributed by atoms with van der Waals surface area (Å²) < 4.78 is 72.3. The molecule has 31 heavy (non-hydrogen) atoms. The van der Waals surface area contributed by atoms with E-state index in [1.807, 2.05) is 0 Å². The minimum Gasteiger partial charge on any atom is -0.305 e. The summed E-state index contributed by atoms with van der Waals surface area (Å²) in [6.45, 7) is 1.94. The van der Waals surface area contributed by atoms with Gasteiger partial charge in [0.2, 0.25) is 5.03 Å². The van der Waals surface area contributed by atoms with E-state index >= 15 is 0 Å². The van der Waals surface area contributed by atoms with Gasteiger partial charge in [-0.2, -0.15) is 18.3 Å². The van der Waals surface area contributed by atoms with Gasteiger partial charge in [-0.05, 0) is 50.5 Å². The second-order valence-electron chi connectivity index (χ2n) is 7.53. The number of aryl methyl sites for hydroxylation is 2. The first-order valence-electron chi connectivity index (χ1n) is 9.73. The Hall–Kier alpha value is -2.54. The molecule has 3 N–H and O–H groups in total. The lowest BCUT2D eigenvalue weighted by atomic mass is 10.00. The third kappa shape index (κ3) is 4.15. The maximum atomic E-state index is 14.0. The Morgan fingerprint density at radius 3 is 2.68 bits per heavy atom.